The van der Waals surface area contributed by atoms with Crippen molar-refractivity contribution in [2.45, 2.75) is 39.5 Å². The van der Waals surface area contributed by atoms with Crippen LogP contribution in [0.25, 0.3) is 0 Å². The fraction of sp³-hybridized carbons (Fsp3) is 0.889. The molecule has 2 nitrogen and oxygen atoms in total. The van der Waals surface area contributed by atoms with Gasteiger partial charge in [0.1, 0.15) is 5.78 Å². The van der Waals surface area contributed by atoms with E-state index in [-0.39, 0.29) is 0 Å². The summed E-state index contributed by atoms with van der Waals surface area (Å²) in [5.74, 6) is 0.777. The average molecular weight is 157 g/mol. The van der Waals surface area contributed by atoms with Crippen LogP contribution in [0.1, 0.15) is 39.5 Å². The molecule has 0 spiro atoms. The second kappa shape index (κ2) is 6.35. The Kier molecular flexibility index (Phi) is 6.13. The van der Waals surface area contributed by atoms with Crippen molar-refractivity contribution < 1.29 is 4.79 Å². The molecule has 0 amide bonds. The van der Waals surface area contributed by atoms with Crippen molar-refractivity contribution >= 4 is 5.78 Å². The van der Waals surface area contributed by atoms with Crippen LogP contribution >= 0.6 is 0 Å². The van der Waals surface area contributed by atoms with Crippen molar-refractivity contribution in [1.82, 2.24) is 0 Å². The second-order valence-electron chi connectivity index (χ2n) is 3.00. The first-order valence-corrected chi connectivity index (χ1v) is 4.46. The smallest absolute Gasteiger partial charge is 0.133 e. The average Bonchev–Trinajstić information content (AvgIpc) is 2.01. The number of hydrogen-bond acceptors (Lipinski definition) is 2. The molecule has 11 heavy (non-hydrogen) atoms. The summed E-state index contributed by atoms with van der Waals surface area (Å²) in [6, 6.07) is 0. The molecule has 0 aliphatic rings. The zero-order chi connectivity index (χ0) is 8.69. The van der Waals surface area contributed by atoms with Crippen molar-refractivity contribution in [3.8, 4) is 0 Å². The summed E-state index contributed by atoms with van der Waals surface area (Å²) in [6.45, 7) is 4.75. The third-order valence-electron chi connectivity index (χ3n) is 1.96. The van der Waals surface area contributed by atoms with Gasteiger partial charge in [0.25, 0.3) is 0 Å². The third kappa shape index (κ3) is 4.96. The highest BCUT2D eigenvalue weighted by molar-refractivity contribution is 5.78. The highest BCUT2D eigenvalue weighted by Gasteiger charge is 2.08. The number of ketones is 1. The van der Waals surface area contributed by atoms with E-state index in [9.17, 15) is 4.79 Å². The van der Waals surface area contributed by atoms with Crippen molar-refractivity contribution in [3.63, 3.8) is 0 Å². The standard InChI is InChI=1S/C9H19NO/c1-3-5-9(11)6-8(4-2)7-10/h8H,3-7,10H2,1-2H3. The zero-order valence-corrected chi connectivity index (χ0v) is 7.60. The summed E-state index contributed by atoms with van der Waals surface area (Å²) in [5.41, 5.74) is 5.48. The minimum atomic E-state index is 0.366. The maximum Gasteiger partial charge on any atom is 0.133 e. The summed E-state index contributed by atoms with van der Waals surface area (Å²) in [4.78, 5) is 11.1. The molecule has 66 valence electrons. The quantitative estimate of drug-likeness (QED) is 0.638. The second-order valence-corrected chi connectivity index (χ2v) is 3.00. The van der Waals surface area contributed by atoms with E-state index in [1.54, 1.807) is 0 Å². The molecule has 0 fully saturated rings. The molecule has 0 aromatic carbocycles. The Morgan fingerprint density at radius 2 is 2.09 bits per heavy atom. The van der Waals surface area contributed by atoms with Gasteiger partial charge in [-0.2, -0.15) is 0 Å². The van der Waals surface area contributed by atoms with Gasteiger partial charge < -0.3 is 5.73 Å². The molecule has 0 heterocycles. The van der Waals surface area contributed by atoms with Crippen LogP contribution in [-0.2, 0) is 4.79 Å². The van der Waals surface area contributed by atoms with Gasteiger partial charge in [0.05, 0.1) is 0 Å². The van der Waals surface area contributed by atoms with Gasteiger partial charge in [-0.05, 0) is 18.9 Å². The van der Waals surface area contributed by atoms with Crippen LogP contribution in [-0.4, -0.2) is 12.3 Å². The number of carbonyl (C=O) groups is 1. The summed E-state index contributed by atoms with van der Waals surface area (Å²) < 4.78 is 0. The maximum atomic E-state index is 11.1. The van der Waals surface area contributed by atoms with E-state index in [4.69, 9.17) is 5.73 Å². The molecular weight excluding hydrogens is 138 g/mol. The molecule has 0 saturated heterocycles. The molecule has 1 unspecified atom stereocenters. The Balaban J connectivity index is 3.54. The first-order chi connectivity index (χ1) is 5.24. The van der Waals surface area contributed by atoms with Crippen LogP contribution in [0, 0.1) is 5.92 Å². The zero-order valence-electron chi connectivity index (χ0n) is 7.60. The van der Waals surface area contributed by atoms with E-state index in [1.807, 2.05) is 6.92 Å². The predicted octanol–water partition coefficient (Wildman–Crippen LogP) is 1.73. The lowest BCUT2D eigenvalue weighted by Crippen LogP contribution is -2.17. The third-order valence-corrected chi connectivity index (χ3v) is 1.96. The summed E-state index contributed by atoms with van der Waals surface area (Å²) in [7, 11) is 0. The van der Waals surface area contributed by atoms with E-state index in [0.717, 1.165) is 19.3 Å². The minimum absolute atomic E-state index is 0.366. The van der Waals surface area contributed by atoms with Crippen LogP contribution in [0.15, 0.2) is 0 Å². The van der Waals surface area contributed by atoms with Gasteiger partial charge in [-0.15, -0.1) is 0 Å². The van der Waals surface area contributed by atoms with Gasteiger partial charge in [0.15, 0.2) is 0 Å². The van der Waals surface area contributed by atoms with Crippen LogP contribution < -0.4 is 5.73 Å². The summed E-state index contributed by atoms with van der Waals surface area (Å²) in [5, 5.41) is 0. The van der Waals surface area contributed by atoms with Crippen LogP contribution in [0.2, 0.25) is 0 Å². The lowest BCUT2D eigenvalue weighted by Gasteiger charge is -2.09. The Hall–Kier alpha value is -0.370. The fourth-order valence-electron chi connectivity index (χ4n) is 1.10. The van der Waals surface area contributed by atoms with E-state index in [0.29, 0.717) is 24.7 Å². The molecule has 2 heteroatoms. The first kappa shape index (κ1) is 10.6. The Morgan fingerprint density at radius 3 is 2.45 bits per heavy atom. The predicted molar refractivity (Wildman–Crippen MR) is 47.4 cm³/mol. The molecule has 0 bridgehead atoms. The van der Waals surface area contributed by atoms with Gasteiger partial charge in [-0.25, -0.2) is 0 Å². The van der Waals surface area contributed by atoms with Crippen molar-refractivity contribution in [3.05, 3.63) is 0 Å². The molecule has 0 saturated carbocycles. The molecule has 2 N–H and O–H groups in total. The Morgan fingerprint density at radius 1 is 1.45 bits per heavy atom. The molecule has 1 atom stereocenters. The summed E-state index contributed by atoms with van der Waals surface area (Å²) >= 11 is 0. The molecule has 0 aromatic rings. The normalized spacial score (nSPS) is 13.0. The van der Waals surface area contributed by atoms with Crippen LogP contribution in [0.3, 0.4) is 0 Å². The minimum Gasteiger partial charge on any atom is -0.330 e. The first-order valence-electron chi connectivity index (χ1n) is 4.46. The summed E-state index contributed by atoms with van der Waals surface area (Å²) in [6.07, 6.45) is 3.38. The number of hydrogen-bond donors (Lipinski definition) is 1. The highest BCUT2D eigenvalue weighted by Crippen LogP contribution is 2.08. The molecular formula is C9H19NO. The van der Waals surface area contributed by atoms with Gasteiger partial charge >= 0.3 is 0 Å². The Labute approximate surface area is 69.2 Å². The maximum absolute atomic E-state index is 11.1. The lowest BCUT2D eigenvalue weighted by atomic mass is 9.98. The lowest BCUT2D eigenvalue weighted by molar-refractivity contribution is -0.119. The number of rotatable bonds is 6. The Bertz CT molecular complexity index is 108. The van der Waals surface area contributed by atoms with Crippen molar-refractivity contribution in [2.75, 3.05) is 6.54 Å². The van der Waals surface area contributed by atoms with E-state index in [1.165, 1.54) is 0 Å². The topological polar surface area (TPSA) is 43.1 Å². The van der Waals surface area contributed by atoms with Gasteiger partial charge in [0.2, 0.25) is 0 Å². The largest absolute Gasteiger partial charge is 0.330 e. The number of Topliss-reactive ketones (excluding diaryl/α,β-unsaturated/α-hetero) is 1. The molecule has 0 radical (unpaired) electrons. The van der Waals surface area contributed by atoms with Gasteiger partial charge in [0, 0.05) is 12.8 Å². The van der Waals surface area contributed by atoms with E-state index in [2.05, 4.69) is 6.92 Å². The van der Waals surface area contributed by atoms with Crippen LogP contribution in [0.4, 0.5) is 0 Å². The monoisotopic (exact) mass is 157 g/mol. The van der Waals surface area contributed by atoms with E-state index >= 15 is 0 Å². The molecule has 0 rings (SSSR count). The molecule has 0 aliphatic carbocycles. The molecule has 0 aliphatic heterocycles. The van der Waals surface area contributed by atoms with Gasteiger partial charge in [-0.1, -0.05) is 20.3 Å². The van der Waals surface area contributed by atoms with E-state index < -0.39 is 0 Å². The van der Waals surface area contributed by atoms with Crippen molar-refractivity contribution in [1.29, 1.82) is 0 Å². The molecule has 0 aromatic heterocycles. The SMILES string of the molecule is CCCC(=O)CC(CC)CN. The highest BCUT2D eigenvalue weighted by atomic mass is 16.1. The fourth-order valence-corrected chi connectivity index (χ4v) is 1.10. The number of nitrogens with two attached hydrogens (primary N) is 1. The van der Waals surface area contributed by atoms with Crippen LogP contribution in [0.5, 0.6) is 0 Å². The number of carbonyl (C=O) groups excluding carboxylic acids is 1. The van der Waals surface area contributed by atoms with Crippen molar-refractivity contribution in [2.24, 2.45) is 11.7 Å². The van der Waals surface area contributed by atoms with Gasteiger partial charge in [-0.3, -0.25) is 4.79 Å².